The first-order valence-electron chi connectivity index (χ1n) is 7.71. The van der Waals surface area contributed by atoms with Crippen molar-refractivity contribution in [3.63, 3.8) is 0 Å². The van der Waals surface area contributed by atoms with E-state index < -0.39 is 19.5 Å². The summed E-state index contributed by atoms with van der Waals surface area (Å²) in [7, 11) is -1.41. The Balaban J connectivity index is 0.000000343. The van der Waals surface area contributed by atoms with Crippen molar-refractivity contribution in [3.8, 4) is 0 Å². The highest BCUT2D eigenvalue weighted by Gasteiger charge is 2.27. The molecule has 16 heteroatoms. The van der Waals surface area contributed by atoms with E-state index >= 15 is 0 Å². The Morgan fingerprint density at radius 1 is 1.03 bits per heavy atom. The highest BCUT2D eigenvalue weighted by Crippen LogP contribution is 2.52. The van der Waals surface area contributed by atoms with Crippen molar-refractivity contribution < 1.29 is 28.0 Å². The molecule has 1 aromatic heterocycles. The Bertz CT molecular complexity index is 1090. The minimum absolute atomic E-state index is 0.0164. The van der Waals surface area contributed by atoms with E-state index in [1.54, 1.807) is 0 Å². The summed E-state index contributed by atoms with van der Waals surface area (Å²) in [6, 6.07) is 2.84. The number of anilines is 1. The van der Waals surface area contributed by atoms with Gasteiger partial charge in [-0.15, -0.1) is 0 Å². The van der Waals surface area contributed by atoms with E-state index in [1.165, 1.54) is 26.4 Å². The van der Waals surface area contributed by atoms with Gasteiger partial charge >= 0.3 is 13.8 Å². The Kier molecular flexibility index (Phi) is 11.7. The molecule has 1 aromatic carbocycles. The van der Waals surface area contributed by atoms with Crippen LogP contribution in [0.1, 0.15) is 16.1 Å². The second-order valence-corrected chi connectivity index (χ2v) is 9.58. The summed E-state index contributed by atoms with van der Waals surface area (Å²) >= 11 is 39.9. The van der Waals surface area contributed by atoms with Crippen LogP contribution in [0.3, 0.4) is 0 Å². The van der Waals surface area contributed by atoms with Crippen LogP contribution in [0, 0.1) is 0 Å². The number of pyridine rings is 1. The Morgan fingerprint density at radius 3 is 2.03 bits per heavy atom. The quantitative estimate of drug-likeness (QED) is 0.147. The molecule has 32 heavy (non-hydrogen) atoms. The lowest BCUT2D eigenvalue weighted by Gasteiger charge is -2.17. The molecule has 0 unspecified atom stereocenters. The largest absolute Gasteiger partial charge is 0.529 e. The number of hydrogen-bond donors (Lipinski definition) is 2. The summed E-state index contributed by atoms with van der Waals surface area (Å²) in [6.45, 7) is 0. The fraction of sp³-hybridized carbons (Fsp3) is 0.125. The number of nitrogen functional groups attached to an aromatic ring is 1. The van der Waals surface area contributed by atoms with Gasteiger partial charge in [0.1, 0.15) is 5.02 Å². The lowest BCUT2D eigenvalue weighted by Crippen LogP contribution is -2.04. The minimum Gasteiger partial charge on any atom is -0.476 e. The molecular formula is C16H12Cl7N2O6P. The second kappa shape index (κ2) is 12.7. The maximum Gasteiger partial charge on any atom is 0.529 e. The van der Waals surface area contributed by atoms with Gasteiger partial charge in [0.2, 0.25) is 0 Å². The monoisotopic (exact) mass is 604 g/mol. The van der Waals surface area contributed by atoms with Crippen LogP contribution in [-0.4, -0.2) is 30.3 Å². The topological polar surface area (TPSA) is 121 Å². The molecule has 0 amide bonds. The maximum absolute atomic E-state index is 11.9. The molecule has 3 N–H and O–H groups in total. The number of benzene rings is 1. The van der Waals surface area contributed by atoms with Gasteiger partial charge in [0.15, 0.2) is 16.6 Å². The molecule has 2 rings (SSSR count). The first kappa shape index (κ1) is 29.4. The SMILES string of the molecule is COP(=O)(OC)OC(=CCl)c1cc(Cl)c(Cl)cc1Cl.Nc1c(Cl)c(Cl)nc(C(=O)O)c1Cl. The fourth-order valence-corrected chi connectivity index (χ4v) is 3.93. The zero-order chi connectivity index (χ0) is 24.8. The van der Waals surface area contributed by atoms with E-state index in [1.807, 2.05) is 0 Å². The number of aromatic nitrogens is 1. The molecule has 2 aromatic rings. The lowest BCUT2D eigenvalue weighted by molar-refractivity contribution is 0.0690. The number of phosphoric acid groups is 1. The average Bonchev–Trinajstić information content (AvgIpc) is 2.76. The van der Waals surface area contributed by atoms with Crippen molar-refractivity contribution in [3.05, 3.63) is 59.2 Å². The number of carbonyl (C=O) groups is 1. The molecule has 0 spiro atoms. The molecule has 0 bridgehead atoms. The molecule has 0 atom stereocenters. The summed E-state index contributed by atoms with van der Waals surface area (Å²) in [4.78, 5) is 14.0. The maximum atomic E-state index is 11.9. The molecule has 0 aliphatic carbocycles. The summed E-state index contributed by atoms with van der Waals surface area (Å²) in [5.74, 6) is -1.33. The number of phosphoric ester groups is 1. The van der Waals surface area contributed by atoms with Crippen molar-refractivity contribution in [1.82, 2.24) is 4.98 Å². The Labute approximate surface area is 217 Å². The van der Waals surface area contributed by atoms with Gasteiger partial charge in [-0.1, -0.05) is 81.2 Å². The molecule has 176 valence electrons. The zero-order valence-corrected chi connectivity index (χ0v) is 22.0. The third-order valence-corrected chi connectivity index (χ3v) is 6.99. The molecular weight excluding hydrogens is 595 g/mol. The molecule has 0 radical (unpaired) electrons. The van der Waals surface area contributed by atoms with E-state index in [9.17, 15) is 9.36 Å². The van der Waals surface area contributed by atoms with Gasteiger partial charge in [0.05, 0.1) is 25.8 Å². The van der Waals surface area contributed by atoms with Crippen molar-refractivity contribution in [2.75, 3.05) is 20.0 Å². The van der Waals surface area contributed by atoms with Gasteiger partial charge in [-0.2, -0.15) is 0 Å². The number of rotatable bonds is 6. The number of hydrogen-bond acceptors (Lipinski definition) is 7. The number of carboxylic acids is 1. The van der Waals surface area contributed by atoms with Crippen LogP contribution < -0.4 is 5.73 Å². The average molecular weight is 607 g/mol. The van der Waals surface area contributed by atoms with Crippen LogP contribution in [0.2, 0.25) is 30.3 Å². The molecule has 0 fully saturated rings. The first-order valence-corrected chi connectivity index (χ1v) is 11.9. The standard InChI is InChI=1S/C10H9Cl4O4P.C6H3Cl3N2O2/c1-16-19(15,17-2)18-10(5-11)6-3-8(13)9(14)4-7(6)12;7-1-3(10)2(8)5(9)11-4(1)6(12)13/h3-5H,1-2H3;(H2,10,11)(H,12,13). The van der Waals surface area contributed by atoms with Crippen LogP contribution in [-0.2, 0) is 18.1 Å². The van der Waals surface area contributed by atoms with E-state index in [-0.39, 0.29) is 41.7 Å². The van der Waals surface area contributed by atoms with Crippen molar-refractivity contribution >= 4 is 106 Å². The van der Waals surface area contributed by atoms with Crippen LogP contribution >= 0.6 is 89.0 Å². The predicted octanol–water partition coefficient (Wildman–Crippen LogP) is 7.92. The van der Waals surface area contributed by atoms with Gasteiger partial charge < -0.3 is 15.4 Å². The molecule has 0 saturated heterocycles. The highest BCUT2D eigenvalue weighted by molar-refractivity contribution is 7.48. The van der Waals surface area contributed by atoms with Crippen LogP contribution in [0.15, 0.2) is 17.7 Å². The van der Waals surface area contributed by atoms with Gasteiger partial charge in [0.25, 0.3) is 0 Å². The van der Waals surface area contributed by atoms with Gasteiger partial charge in [-0.25, -0.2) is 14.3 Å². The zero-order valence-electron chi connectivity index (χ0n) is 15.8. The van der Waals surface area contributed by atoms with Gasteiger partial charge in [-0.3, -0.25) is 9.05 Å². The molecule has 8 nitrogen and oxygen atoms in total. The molecule has 1 heterocycles. The van der Waals surface area contributed by atoms with Crippen molar-refractivity contribution in [1.29, 1.82) is 0 Å². The van der Waals surface area contributed by atoms with Crippen LogP contribution in [0.25, 0.3) is 5.76 Å². The van der Waals surface area contributed by atoms with Gasteiger partial charge in [-0.05, 0) is 12.1 Å². The fourth-order valence-electron chi connectivity index (χ4n) is 1.78. The smallest absolute Gasteiger partial charge is 0.476 e. The summed E-state index contributed by atoms with van der Waals surface area (Å²) < 4.78 is 26.3. The Hall–Kier alpha value is -0.640. The van der Waals surface area contributed by atoms with E-state index in [0.717, 1.165) is 5.54 Å². The van der Waals surface area contributed by atoms with Crippen molar-refractivity contribution in [2.24, 2.45) is 0 Å². The third-order valence-electron chi connectivity index (χ3n) is 3.31. The number of carboxylic acid groups (broad SMARTS) is 1. The number of nitrogens with two attached hydrogens (primary N) is 1. The summed E-state index contributed by atoms with van der Waals surface area (Å²) in [5.41, 5.74) is 6.22. The van der Waals surface area contributed by atoms with Crippen LogP contribution in [0.5, 0.6) is 0 Å². The normalized spacial score (nSPS) is 11.6. The minimum atomic E-state index is -3.75. The molecule has 0 aliphatic heterocycles. The van der Waals surface area contributed by atoms with Crippen LogP contribution in [0.4, 0.5) is 5.69 Å². The van der Waals surface area contributed by atoms with E-state index in [2.05, 4.69) is 14.0 Å². The summed E-state index contributed by atoms with van der Waals surface area (Å²) in [6.07, 6.45) is 0. The van der Waals surface area contributed by atoms with Gasteiger partial charge in [0, 0.05) is 25.3 Å². The molecule has 0 aliphatic rings. The van der Waals surface area contributed by atoms with Crippen molar-refractivity contribution in [2.45, 2.75) is 0 Å². The van der Waals surface area contributed by atoms with E-state index in [0.29, 0.717) is 5.56 Å². The highest BCUT2D eigenvalue weighted by atomic mass is 35.5. The predicted molar refractivity (Wildman–Crippen MR) is 129 cm³/mol. The van der Waals surface area contributed by atoms with E-state index in [4.69, 9.17) is 96.6 Å². The lowest BCUT2D eigenvalue weighted by atomic mass is 10.2. The Morgan fingerprint density at radius 2 is 1.56 bits per heavy atom. The number of aromatic carboxylic acids is 1. The summed E-state index contributed by atoms with van der Waals surface area (Å²) in [5, 5.41) is 8.90. The third kappa shape index (κ3) is 7.43. The number of nitrogens with zero attached hydrogens (tertiary/aromatic N) is 1. The number of halogens is 7. The first-order chi connectivity index (χ1) is 14.8. The second-order valence-electron chi connectivity index (χ2n) is 5.22. The molecule has 0 saturated carbocycles.